The van der Waals surface area contributed by atoms with Gasteiger partial charge in [0.1, 0.15) is 18.1 Å². The minimum atomic E-state index is 0.443. The molecule has 7 heteroatoms. The quantitative estimate of drug-likeness (QED) is 0.409. The SMILES string of the molecule is CCN(CCOc1ccc(OC)cc1)c1ccc(-c2n[nH]cc2CN(C)CC(C)NC)cc1. The van der Waals surface area contributed by atoms with Crippen LogP contribution in [0.1, 0.15) is 19.4 Å². The molecule has 0 spiro atoms. The Morgan fingerprint density at radius 3 is 2.39 bits per heavy atom. The molecule has 0 aliphatic heterocycles. The number of nitrogens with zero attached hydrogens (tertiary/aromatic N) is 3. The molecule has 0 aliphatic rings. The molecule has 33 heavy (non-hydrogen) atoms. The number of H-pyrrole nitrogens is 1. The number of likely N-dealkylation sites (N-methyl/N-ethyl adjacent to an activating group) is 3. The van der Waals surface area contributed by atoms with Crippen molar-refractivity contribution >= 4 is 5.69 Å². The predicted octanol–water partition coefficient (Wildman–Crippen LogP) is 4.03. The lowest BCUT2D eigenvalue weighted by Gasteiger charge is -2.23. The molecule has 3 rings (SSSR count). The molecule has 178 valence electrons. The molecule has 2 N–H and O–H groups in total. The van der Waals surface area contributed by atoms with Crippen LogP contribution in [0.25, 0.3) is 11.3 Å². The van der Waals surface area contributed by atoms with Crippen LogP contribution in [0.3, 0.4) is 0 Å². The van der Waals surface area contributed by atoms with Gasteiger partial charge in [0.05, 0.1) is 19.3 Å². The molecule has 7 nitrogen and oxygen atoms in total. The van der Waals surface area contributed by atoms with E-state index in [1.165, 1.54) is 11.3 Å². The Bertz CT molecular complexity index is 956. The van der Waals surface area contributed by atoms with E-state index in [-0.39, 0.29) is 0 Å². The van der Waals surface area contributed by atoms with Gasteiger partial charge in [-0.1, -0.05) is 12.1 Å². The molecule has 1 atom stereocenters. The van der Waals surface area contributed by atoms with Gasteiger partial charge in [-0.15, -0.1) is 0 Å². The van der Waals surface area contributed by atoms with Crippen molar-refractivity contribution in [3.05, 3.63) is 60.3 Å². The summed E-state index contributed by atoms with van der Waals surface area (Å²) in [4.78, 5) is 4.62. The largest absolute Gasteiger partial charge is 0.497 e. The molecule has 0 radical (unpaired) electrons. The normalized spacial score (nSPS) is 12.1. The van der Waals surface area contributed by atoms with Crippen molar-refractivity contribution in [2.75, 3.05) is 52.3 Å². The summed E-state index contributed by atoms with van der Waals surface area (Å²) in [5, 5.41) is 10.8. The Morgan fingerprint density at radius 1 is 1.06 bits per heavy atom. The van der Waals surface area contributed by atoms with Crippen molar-refractivity contribution in [3.63, 3.8) is 0 Å². The van der Waals surface area contributed by atoms with E-state index in [9.17, 15) is 0 Å². The van der Waals surface area contributed by atoms with Gasteiger partial charge in [0.15, 0.2) is 0 Å². The molecular formula is C26H37N5O2. The van der Waals surface area contributed by atoms with E-state index in [4.69, 9.17) is 9.47 Å². The summed E-state index contributed by atoms with van der Waals surface area (Å²) in [5.41, 5.74) is 4.51. The van der Waals surface area contributed by atoms with Crippen LogP contribution >= 0.6 is 0 Å². The lowest BCUT2D eigenvalue weighted by Crippen LogP contribution is -2.34. The van der Waals surface area contributed by atoms with E-state index < -0.39 is 0 Å². The molecule has 0 bridgehead atoms. The van der Waals surface area contributed by atoms with Gasteiger partial charge in [0, 0.05) is 48.7 Å². The van der Waals surface area contributed by atoms with Gasteiger partial charge in [-0.2, -0.15) is 5.10 Å². The van der Waals surface area contributed by atoms with Crippen LogP contribution < -0.4 is 19.7 Å². The molecule has 0 saturated heterocycles. The number of ether oxygens (including phenoxy) is 2. The molecule has 0 aliphatic carbocycles. The van der Waals surface area contributed by atoms with Crippen molar-refractivity contribution in [2.24, 2.45) is 0 Å². The number of methoxy groups -OCH3 is 1. The van der Waals surface area contributed by atoms with E-state index >= 15 is 0 Å². The third-order valence-electron chi connectivity index (χ3n) is 5.81. The summed E-state index contributed by atoms with van der Waals surface area (Å²) in [6.07, 6.45) is 2.00. The van der Waals surface area contributed by atoms with Crippen LogP contribution in [0.5, 0.6) is 11.5 Å². The smallest absolute Gasteiger partial charge is 0.119 e. The number of nitrogens with one attached hydrogen (secondary N) is 2. The minimum Gasteiger partial charge on any atom is -0.497 e. The molecule has 0 fully saturated rings. The number of aromatic nitrogens is 2. The number of hydrogen-bond acceptors (Lipinski definition) is 6. The maximum absolute atomic E-state index is 5.91. The maximum atomic E-state index is 5.91. The van der Waals surface area contributed by atoms with Crippen LogP contribution in [0.2, 0.25) is 0 Å². The number of hydrogen-bond donors (Lipinski definition) is 2. The van der Waals surface area contributed by atoms with Crippen molar-refractivity contribution in [3.8, 4) is 22.8 Å². The fourth-order valence-electron chi connectivity index (χ4n) is 3.85. The van der Waals surface area contributed by atoms with Gasteiger partial charge < -0.3 is 24.6 Å². The van der Waals surface area contributed by atoms with Crippen molar-refractivity contribution in [2.45, 2.75) is 26.4 Å². The van der Waals surface area contributed by atoms with E-state index in [2.05, 4.69) is 70.5 Å². The summed E-state index contributed by atoms with van der Waals surface area (Å²) >= 11 is 0. The second kappa shape index (κ2) is 12.3. The Labute approximate surface area is 197 Å². The van der Waals surface area contributed by atoms with Crippen LogP contribution in [-0.2, 0) is 6.54 Å². The Hall–Kier alpha value is -3.03. The first kappa shape index (κ1) is 24.6. The monoisotopic (exact) mass is 451 g/mol. The van der Waals surface area contributed by atoms with E-state index in [1.807, 2.05) is 37.5 Å². The molecule has 1 unspecified atom stereocenters. The fourth-order valence-corrected chi connectivity index (χ4v) is 3.85. The highest BCUT2D eigenvalue weighted by Gasteiger charge is 2.13. The third kappa shape index (κ3) is 6.97. The van der Waals surface area contributed by atoms with Gasteiger partial charge >= 0.3 is 0 Å². The highest BCUT2D eigenvalue weighted by molar-refractivity contribution is 5.65. The van der Waals surface area contributed by atoms with E-state index in [0.717, 1.165) is 48.9 Å². The molecular weight excluding hydrogens is 414 g/mol. The molecule has 3 aromatic rings. The zero-order chi connectivity index (χ0) is 23.6. The Balaban J connectivity index is 1.59. The van der Waals surface area contributed by atoms with Crippen molar-refractivity contribution in [1.82, 2.24) is 20.4 Å². The average Bonchev–Trinajstić information content (AvgIpc) is 3.30. The van der Waals surface area contributed by atoms with Gasteiger partial charge in [-0.05, 0) is 64.3 Å². The van der Waals surface area contributed by atoms with Crippen molar-refractivity contribution in [1.29, 1.82) is 0 Å². The zero-order valence-electron chi connectivity index (χ0n) is 20.5. The average molecular weight is 452 g/mol. The third-order valence-corrected chi connectivity index (χ3v) is 5.81. The van der Waals surface area contributed by atoms with Crippen LogP contribution in [0.4, 0.5) is 5.69 Å². The standard InChI is InChI=1S/C26H37N5O2/c1-6-31(15-16-33-25-13-11-24(32-5)12-14-25)23-9-7-21(8-10-23)26-22(17-28-29-26)19-30(4)18-20(2)27-3/h7-14,17,20,27H,6,15-16,18-19H2,1-5H3,(H,28,29). The Morgan fingerprint density at radius 2 is 1.76 bits per heavy atom. The molecule has 1 aromatic heterocycles. The molecule has 0 amide bonds. The predicted molar refractivity (Wildman–Crippen MR) is 135 cm³/mol. The Kier molecular flexibility index (Phi) is 9.15. The van der Waals surface area contributed by atoms with Crippen LogP contribution in [0, 0.1) is 0 Å². The first-order valence-electron chi connectivity index (χ1n) is 11.5. The zero-order valence-corrected chi connectivity index (χ0v) is 20.5. The molecule has 0 saturated carbocycles. The summed E-state index contributed by atoms with van der Waals surface area (Å²) in [6.45, 7) is 8.51. The first-order valence-corrected chi connectivity index (χ1v) is 11.5. The fraction of sp³-hybridized carbons (Fsp3) is 0.423. The summed E-state index contributed by atoms with van der Waals surface area (Å²) in [6, 6.07) is 16.8. The summed E-state index contributed by atoms with van der Waals surface area (Å²) in [7, 11) is 5.80. The van der Waals surface area contributed by atoms with Crippen LogP contribution in [-0.4, -0.2) is 68.6 Å². The lowest BCUT2D eigenvalue weighted by atomic mass is 10.1. The first-order chi connectivity index (χ1) is 16.0. The highest BCUT2D eigenvalue weighted by atomic mass is 16.5. The number of aromatic amines is 1. The number of anilines is 1. The van der Waals surface area contributed by atoms with Gasteiger partial charge in [-0.3, -0.25) is 5.10 Å². The second-order valence-corrected chi connectivity index (χ2v) is 8.30. The number of rotatable bonds is 13. The summed E-state index contributed by atoms with van der Waals surface area (Å²) in [5.74, 6) is 1.68. The topological polar surface area (TPSA) is 65.7 Å². The second-order valence-electron chi connectivity index (χ2n) is 8.30. The van der Waals surface area contributed by atoms with Crippen LogP contribution in [0.15, 0.2) is 54.7 Å². The highest BCUT2D eigenvalue weighted by Crippen LogP contribution is 2.25. The minimum absolute atomic E-state index is 0.443. The van der Waals surface area contributed by atoms with E-state index in [1.54, 1.807) is 7.11 Å². The van der Waals surface area contributed by atoms with E-state index in [0.29, 0.717) is 12.6 Å². The molecule has 1 heterocycles. The molecule has 2 aromatic carbocycles. The maximum Gasteiger partial charge on any atom is 0.119 e. The number of benzene rings is 2. The van der Waals surface area contributed by atoms with Crippen molar-refractivity contribution < 1.29 is 9.47 Å². The lowest BCUT2D eigenvalue weighted by molar-refractivity contribution is 0.296. The van der Waals surface area contributed by atoms with Gasteiger partial charge in [-0.25, -0.2) is 0 Å². The van der Waals surface area contributed by atoms with Gasteiger partial charge in [0.25, 0.3) is 0 Å². The summed E-state index contributed by atoms with van der Waals surface area (Å²) < 4.78 is 11.1. The van der Waals surface area contributed by atoms with Gasteiger partial charge in [0.2, 0.25) is 0 Å².